The van der Waals surface area contributed by atoms with Gasteiger partial charge >= 0.3 is 6.03 Å². The largest absolute Gasteiger partial charge is 0.331 e. The zero-order valence-corrected chi connectivity index (χ0v) is 14.3. The van der Waals surface area contributed by atoms with Crippen LogP contribution in [0.5, 0.6) is 0 Å². The van der Waals surface area contributed by atoms with Crippen LogP contribution in [0.4, 0.5) is 4.79 Å². The number of amides is 2. The summed E-state index contributed by atoms with van der Waals surface area (Å²) in [5.41, 5.74) is 7.12. The summed E-state index contributed by atoms with van der Waals surface area (Å²) in [7, 11) is 0. The van der Waals surface area contributed by atoms with Gasteiger partial charge in [-0.05, 0) is 49.3 Å². The zero-order chi connectivity index (χ0) is 16.2. The van der Waals surface area contributed by atoms with Gasteiger partial charge in [0, 0.05) is 24.2 Å². The molecule has 2 amide bonds. The summed E-state index contributed by atoms with van der Waals surface area (Å²) < 4.78 is 0. The van der Waals surface area contributed by atoms with Gasteiger partial charge in [-0.25, -0.2) is 4.79 Å². The lowest BCUT2D eigenvalue weighted by molar-refractivity contribution is 0.172. The third-order valence-electron chi connectivity index (χ3n) is 5.10. The number of carbonyl (C=O) groups excluding carboxylic acids is 1. The van der Waals surface area contributed by atoms with Crippen molar-refractivity contribution in [3.05, 3.63) is 34.9 Å². The number of hydrogen-bond acceptors (Lipinski definition) is 2. The number of nitrogens with zero attached hydrogens (tertiary/aromatic N) is 1. The van der Waals surface area contributed by atoms with E-state index >= 15 is 0 Å². The van der Waals surface area contributed by atoms with E-state index in [-0.39, 0.29) is 18.1 Å². The number of urea groups is 1. The molecular formula is C18H26ClN3O. The molecule has 126 valence electrons. The van der Waals surface area contributed by atoms with E-state index in [0.29, 0.717) is 12.5 Å². The zero-order valence-electron chi connectivity index (χ0n) is 13.5. The second-order valence-electron chi connectivity index (χ2n) is 6.88. The molecule has 1 unspecified atom stereocenters. The van der Waals surface area contributed by atoms with E-state index < -0.39 is 0 Å². The van der Waals surface area contributed by atoms with Crippen LogP contribution in [-0.4, -0.2) is 30.1 Å². The van der Waals surface area contributed by atoms with Crippen LogP contribution in [0.25, 0.3) is 0 Å². The molecule has 1 aromatic carbocycles. The Balaban J connectivity index is 1.74. The number of carbonyl (C=O) groups is 1. The quantitative estimate of drug-likeness (QED) is 0.884. The van der Waals surface area contributed by atoms with Crippen molar-refractivity contribution in [2.45, 2.75) is 50.6 Å². The number of halogens is 1. The molecular weight excluding hydrogens is 310 g/mol. The van der Waals surface area contributed by atoms with Crippen LogP contribution in [0.3, 0.4) is 0 Å². The first-order chi connectivity index (χ1) is 11.1. The third-order valence-corrected chi connectivity index (χ3v) is 5.34. The van der Waals surface area contributed by atoms with Gasteiger partial charge in [-0.15, -0.1) is 0 Å². The first-order valence-corrected chi connectivity index (χ1v) is 9.08. The molecule has 0 spiro atoms. The molecule has 1 heterocycles. The molecule has 5 heteroatoms. The minimum atomic E-state index is 0.0111. The normalized spacial score (nSPS) is 23.7. The van der Waals surface area contributed by atoms with Crippen molar-refractivity contribution in [3.8, 4) is 0 Å². The Morgan fingerprint density at radius 1 is 1.26 bits per heavy atom. The first kappa shape index (κ1) is 16.6. The third kappa shape index (κ3) is 4.18. The highest BCUT2D eigenvalue weighted by Gasteiger charge is 2.30. The molecule has 2 fully saturated rings. The Bertz CT molecular complexity index is 545. The monoisotopic (exact) mass is 335 g/mol. The number of likely N-dealkylation sites (tertiary alicyclic amines) is 1. The minimum Gasteiger partial charge on any atom is -0.331 e. The van der Waals surface area contributed by atoms with E-state index in [1.54, 1.807) is 0 Å². The van der Waals surface area contributed by atoms with Gasteiger partial charge in [0.1, 0.15) is 0 Å². The van der Waals surface area contributed by atoms with Crippen LogP contribution in [0.1, 0.15) is 50.1 Å². The van der Waals surface area contributed by atoms with Crippen LogP contribution < -0.4 is 11.1 Å². The van der Waals surface area contributed by atoms with Gasteiger partial charge in [0.2, 0.25) is 0 Å². The summed E-state index contributed by atoms with van der Waals surface area (Å²) in [5, 5.41) is 3.99. The maximum atomic E-state index is 12.7. The molecule has 0 aromatic heterocycles. The van der Waals surface area contributed by atoms with Crippen molar-refractivity contribution in [1.82, 2.24) is 10.2 Å². The molecule has 4 nitrogen and oxygen atoms in total. The number of nitrogens with one attached hydrogen (secondary N) is 1. The van der Waals surface area contributed by atoms with Crippen molar-refractivity contribution < 1.29 is 4.79 Å². The Morgan fingerprint density at radius 3 is 2.74 bits per heavy atom. The number of nitrogens with two attached hydrogens (primary N) is 1. The highest BCUT2D eigenvalue weighted by atomic mass is 35.5. The van der Waals surface area contributed by atoms with E-state index in [9.17, 15) is 4.79 Å². The lowest BCUT2D eigenvalue weighted by Gasteiger charge is -2.34. The van der Waals surface area contributed by atoms with Crippen molar-refractivity contribution in [2.24, 2.45) is 11.7 Å². The van der Waals surface area contributed by atoms with E-state index in [1.807, 2.05) is 23.1 Å². The van der Waals surface area contributed by atoms with Gasteiger partial charge in [-0.1, -0.05) is 36.6 Å². The average Bonchev–Trinajstić information content (AvgIpc) is 3.06. The molecule has 2 atom stereocenters. The van der Waals surface area contributed by atoms with Crippen LogP contribution in [0.15, 0.2) is 24.3 Å². The molecule has 1 aliphatic heterocycles. The lowest BCUT2D eigenvalue weighted by atomic mass is 9.91. The summed E-state index contributed by atoms with van der Waals surface area (Å²) in [6, 6.07) is 8.04. The van der Waals surface area contributed by atoms with E-state index in [4.69, 9.17) is 17.3 Å². The molecule has 3 N–H and O–H groups in total. The van der Waals surface area contributed by atoms with Gasteiger partial charge in [-0.3, -0.25) is 0 Å². The first-order valence-electron chi connectivity index (χ1n) is 8.70. The van der Waals surface area contributed by atoms with Gasteiger partial charge in [-0.2, -0.15) is 0 Å². The highest BCUT2D eigenvalue weighted by Crippen LogP contribution is 2.36. The molecule has 23 heavy (non-hydrogen) atoms. The summed E-state index contributed by atoms with van der Waals surface area (Å²) in [4.78, 5) is 14.6. The lowest BCUT2D eigenvalue weighted by Crippen LogP contribution is -2.50. The molecule has 3 rings (SSSR count). The maximum absolute atomic E-state index is 12.7. The summed E-state index contributed by atoms with van der Waals surface area (Å²) >= 11 is 6.16. The molecule has 0 radical (unpaired) electrons. The molecule has 1 saturated carbocycles. The van der Waals surface area contributed by atoms with Crippen molar-refractivity contribution in [1.29, 1.82) is 0 Å². The van der Waals surface area contributed by atoms with E-state index in [2.05, 4.69) is 11.4 Å². The Hall–Kier alpha value is -1.26. The van der Waals surface area contributed by atoms with Crippen molar-refractivity contribution in [2.75, 3.05) is 13.1 Å². The Labute approximate surface area is 143 Å². The number of rotatable bonds is 3. The molecule has 2 aliphatic rings. The topological polar surface area (TPSA) is 58.4 Å². The number of piperidine rings is 1. The average molecular weight is 336 g/mol. The highest BCUT2D eigenvalue weighted by molar-refractivity contribution is 6.30. The predicted molar refractivity (Wildman–Crippen MR) is 93.5 cm³/mol. The van der Waals surface area contributed by atoms with Gasteiger partial charge < -0.3 is 16.0 Å². The van der Waals surface area contributed by atoms with Crippen LogP contribution in [0.2, 0.25) is 5.02 Å². The Morgan fingerprint density at radius 2 is 2.04 bits per heavy atom. The van der Waals surface area contributed by atoms with Gasteiger partial charge in [0.25, 0.3) is 0 Å². The van der Waals surface area contributed by atoms with Crippen LogP contribution >= 0.6 is 11.6 Å². The molecule has 0 bridgehead atoms. The van der Waals surface area contributed by atoms with Crippen LogP contribution in [0, 0.1) is 5.92 Å². The summed E-state index contributed by atoms with van der Waals surface area (Å²) in [6.07, 6.45) is 6.80. The van der Waals surface area contributed by atoms with Gasteiger partial charge in [0.15, 0.2) is 0 Å². The molecule has 1 aliphatic carbocycles. The number of benzene rings is 1. The second-order valence-corrected chi connectivity index (χ2v) is 7.31. The standard InChI is InChI=1S/C18H26ClN3O/c19-15-8-3-7-14(11-15)17(13-5-1-2-6-13)21-18(23)22-10-4-9-16(20)12-22/h3,7-8,11,13,16-17H,1-2,4-6,9-10,12,20H2,(H,21,23)/t16?,17-/m0/s1. The van der Waals surface area contributed by atoms with Crippen molar-refractivity contribution >= 4 is 17.6 Å². The SMILES string of the molecule is NC1CCCN(C(=O)N[C@H](c2cccc(Cl)c2)C2CCCC2)C1. The minimum absolute atomic E-state index is 0.0111. The fourth-order valence-electron chi connectivity index (χ4n) is 3.88. The van der Waals surface area contributed by atoms with E-state index in [1.165, 1.54) is 12.8 Å². The molecule has 1 saturated heterocycles. The smallest absolute Gasteiger partial charge is 0.317 e. The van der Waals surface area contributed by atoms with Crippen LogP contribution in [-0.2, 0) is 0 Å². The van der Waals surface area contributed by atoms with Crippen molar-refractivity contribution in [3.63, 3.8) is 0 Å². The molecule has 1 aromatic rings. The second kappa shape index (κ2) is 7.54. The van der Waals surface area contributed by atoms with Gasteiger partial charge in [0.05, 0.1) is 6.04 Å². The maximum Gasteiger partial charge on any atom is 0.317 e. The number of hydrogen-bond donors (Lipinski definition) is 2. The fourth-order valence-corrected chi connectivity index (χ4v) is 4.08. The van der Waals surface area contributed by atoms with E-state index in [0.717, 1.165) is 42.8 Å². The fraction of sp³-hybridized carbons (Fsp3) is 0.611. The summed E-state index contributed by atoms with van der Waals surface area (Å²) in [6.45, 7) is 1.45. The summed E-state index contributed by atoms with van der Waals surface area (Å²) in [5.74, 6) is 0.496. The predicted octanol–water partition coefficient (Wildman–Crippen LogP) is 3.70. The Kier molecular flexibility index (Phi) is 5.44.